The molecule has 0 heterocycles. The van der Waals surface area contributed by atoms with E-state index < -0.39 is 0 Å². The van der Waals surface area contributed by atoms with Crippen LogP contribution in [0.15, 0.2) is 66.8 Å². The summed E-state index contributed by atoms with van der Waals surface area (Å²) in [7, 11) is 2.14. The molecule has 0 amide bonds. The van der Waals surface area contributed by atoms with Crippen LogP contribution in [0, 0.1) is 0 Å². The second-order valence-electron chi connectivity index (χ2n) is 4.12. The highest BCUT2D eigenvalue weighted by Gasteiger charge is 2.01. The molecule has 0 saturated heterocycles. The Morgan fingerprint density at radius 3 is 2.59 bits per heavy atom. The van der Waals surface area contributed by atoms with E-state index >= 15 is 0 Å². The van der Waals surface area contributed by atoms with E-state index in [1.165, 1.54) is 11.1 Å². The van der Waals surface area contributed by atoms with Gasteiger partial charge in [-0.3, -0.25) is 4.90 Å². The molecule has 1 aromatic carbocycles. The van der Waals surface area contributed by atoms with Crippen molar-refractivity contribution in [2.45, 2.75) is 13.5 Å². The fourth-order valence-electron chi connectivity index (χ4n) is 1.69. The smallest absolute Gasteiger partial charge is 0.0234 e. The van der Waals surface area contributed by atoms with Crippen molar-refractivity contribution < 1.29 is 0 Å². The number of hydrogen-bond donors (Lipinski definition) is 0. The second kappa shape index (κ2) is 7.64. The number of nitrogens with zero attached hydrogens (tertiary/aromatic N) is 1. The Labute approximate surface area is 105 Å². The van der Waals surface area contributed by atoms with E-state index in [9.17, 15) is 0 Å². The Kier molecular flexibility index (Phi) is 6.05. The van der Waals surface area contributed by atoms with Crippen molar-refractivity contribution in [3.8, 4) is 0 Å². The van der Waals surface area contributed by atoms with Gasteiger partial charge in [-0.1, -0.05) is 61.2 Å². The maximum atomic E-state index is 3.69. The van der Waals surface area contributed by atoms with Crippen LogP contribution in [-0.2, 0) is 6.54 Å². The van der Waals surface area contributed by atoms with Gasteiger partial charge in [-0.2, -0.15) is 0 Å². The van der Waals surface area contributed by atoms with Crippen LogP contribution in [0.2, 0.25) is 0 Å². The van der Waals surface area contributed by atoms with Crippen LogP contribution in [0.3, 0.4) is 0 Å². The molecule has 0 radical (unpaired) electrons. The molecule has 90 valence electrons. The molecule has 17 heavy (non-hydrogen) atoms. The summed E-state index contributed by atoms with van der Waals surface area (Å²) in [6, 6.07) is 10.5. The van der Waals surface area contributed by atoms with E-state index in [1.54, 1.807) is 6.08 Å². The third-order valence-electron chi connectivity index (χ3n) is 2.56. The minimum Gasteiger partial charge on any atom is -0.298 e. The number of allylic oxidation sites excluding steroid dienone is 3. The van der Waals surface area contributed by atoms with Gasteiger partial charge in [-0.15, -0.1) is 0 Å². The minimum atomic E-state index is 0.954. The average molecular weight is 227 g/mol. The molecule has 1 heteroatoms. The molecule has 1 aromatic rings. The SMILES string of the molecule is C=C/C=C\C(=C/C)CN(C)Cc1ccccc1. The second-order valence-corrected chi connectivity index (χ2v) is 4.12. The predicted molar refractivity (Wildman–Crippen MR) is 75.9 cm³/mol. The van der Waals surface area contributed by atoms with Gasteiger partial charge in [0, 0.05) is 13.1 Å². The summed E-state index contributed by atoms with van der Waals surface area (Å²) in [5.41, 5.74) is 2.65. The van der Waals surface area contributed by atoms with Crippen molar-refractivity contribution in [1.82, 2.24) is 4.90 Å². The zero-order valence-corrected chi connectivity index (χ0v) is 10.8. The van der Waals surface area contributed by atoms with E-state index in [1.807, 2.05) is 12.1 Å². The Morgan fingerprint density at radius 1 is 1.29 bits per heavy atom. The molecule has 1 nitrogen and oxygen atoms in total. The summed E-state index contributed by atoms with van der Waals surface area (Å²) < 4.78 is 0. The van der Waals surface area contributed by atoms with Gasteiger partial charge < -0.3 is 0 Å². The summed E-state index contributed by atoms with van der Waals surface area (Å²) in [5.74, 6) is 0. The fourth-order valence-corrected chi connectivity index (χ4v) is 1.69. The van der Waals surface area contributed by atoms with Crippen LogP contribution in [0.25, 0.3) is 0 Å². The fraction of sp³-hybridized carbons (Fsp3) is 0.250. The summed E-state index contributed by atoms with van der Waals surface area (Å²) in [5, 5.41) is 0. The quantitative estimate of drug-likeness (QED) is 0.668. The highest BCUT2D eigenvalue weighted by atomic mass is 15.1. The molecular formula is C16H21N. The van der Waals surface area contributed by atoms with E-state index in [0.29, 0.717) is 0 Å². The van der Waals surface area contributed by atoms with Gasteiger partial charge in [-0.25, -0.2) is 0 Å². The van der Waals surface area contributed by atoms with Gasteiger partial charge in [0.1, 0.15) is 0 Å². The minimum absolute atomic E-state index is 0.954. The monoisotopic (exact) mass is 227 g/mol. The summed E-state index contributed by atoms with van der Waals surface area (Å²) in [6.45, 7) is 7.68. The van der Waals surface area contributed by atoms with Crippen LogP contribution in [0.5, 0.6) is 0 Å². The van der Waals surface area contributed by atoms with Crippen LogP contribution in [0.1, 0.15) is 12.5 Å². The third kappa shape index (κ3) is 5.32. The lowest BCUT2D eigenvalue weighted by molar-refractivity contribution is 0.357. The van der Waals surface area contributed by atoms with Crippen molar-refractivity contribution in [3.63, 3.8) is 0 Å². The Morgan fingerprint density at radius 2 is 2.00 bits per heavy atom. The van der Waals surface area contributed by atoms with E-state index in [-0.39, 0.29) is 0 Å². The molecule has 0 saturated carbocycles. The highest BCUT2D eigenvalue weighted by molar-refractivity contribution is 5.23. The van der Waals surface area contributed by atoms with Gasteiger partial charge in [-0.05, 0) is 25.1 Å². The van der Waals surface area contributed by atoms with Crippen molar-refractivity contribution >= 4 is 0 Å². The van der Waals surface area contributed by atoms with Crippen LogP contribution in [-0.4, -0.2) is 18.5 Å². The molecule has 0 atom stereocenters. The lowest BCUT2D eigenvalue weighted by Crippen LogP contribution is -2.20. The molecule has 0 aromatic heterocycles. The lowest BCUT2D eigenvalue weighted by Gasteiger charge is -2.17. The van der Waals surface area contributed by atoms with Crippen molar-refractivity contribution in [1.29, 1.82) is 0 Å². The highest BCUT2D eigenvalue weighted by Crippen LogP contribution is 2.06. The standard InChI is InChI=1S/C16H21N/c1-4-6-10-15(5-2)13-17(3)14-16-11-8-7-9-12-16/h4-12H,1,13-14H2,2-3H3/b10-6-,15-5+. The van der Waals surface area contributed by atoms with Gasteiger partial charge >= 0.3 is 0 Å². The molecule has 0 fully saturated rings. The molecular weight excluding hydrogens is 206 g/mol. The van der Waals surface area contributed by atoms with Crippen molar-refractivity contribution in [3.05, 3.63) is 72.4 Å². The number of rotatable bonds is 6. The van der Waals surface area contributed by atoms with Gasteiger partial charge in [0.25, 0.3) is 0 Å². The summed E-state index contributed by atoms with van der Waals surface area (Å²) in [4.78, 5) is 2.30. The van der Waals surface area contributed by atoms with Crippen molar-refractivity contribution in [2.24, 2.45) is 0 Å². The topological polar surface area (TPSA) is 3.24 Å². The molecule has 0 aliphatic carbocycles. The summed E-state index contributed by atoms with van der Waals surface area (Å²) >= 11 is 0. The normalized spacial score (nSPS) is 12.3. The van der Waals surface area contributed by atoms with Crippen molar-refractivity contribution in [2.75, 3.05) is 13.6 Å². The molecule has 0 aliphatic heterocycles. The van der Waals surface area contributed by atoms with Crippen LogP contribution in [0.4, 0.5) is 0 Å². The first kappa shape index (κ1) is 13.5. The van der Waals surface area contributed by atoms with E-state index in [0.717, 1.165) is 13.1 Å². The summed E-state index contributed by atoms with van der Waals surface area (Å²) in [6.07, 6.45) is 8.03. The largest absolute Gasteiger partial charge is 0.298 e. The van der Waals surface area contributed by atoms with E-state index in [4.69, 9.17) is 0 Å². The molecule has 0 N–H and O–H groups in total. The maximum Gasteiger partial charge on any atom is 0.0234 e. The third-order valence-corrected chi connectivity index (χ3v) is 2.56. The first-order valence-corrected chi connectivity index (χ1v) is 5.93. The molecule has 0 unspecified atom stereocenters. The van der Waals surface area contributed by atoms with Gasteiger partial charge in [0.15, 0.2) is 0 Å². The predicted octanol–water partition coefficient (Wildman–Crippen LogP) is 3.81. The lowest BCUT2D eigenvalue weighted by atomic mass is 10.2. The number of benzene rings is 1. The number of hydrogen-bond acceptors (Lipinski definition) is 1. The zero-order chi connectivity index (χ0) is 12.5. The Balaban J connectivity index is 2.51. The van der Waals surface area contributed by atoms with Gasteiger partial charge in [0.05, 0.1) is 0 Å². The van der Waals surface area contributed by atoms with E-state index in [2.05, 4.69) is 61.9 Å². The number of likely N-dealkylation sites (N-methyl/N-ethyl adjacent to an activating group) is 1. The first-order chi connectivity index (χ1) is 8.26. The molecule has 0 aliphatic rings. The first-order valence-electron chi connectivity index (χ1n) is 5.93. The van der Waals surface area contributed by atoms with Crippen LogP contribution >= 0.6 is 0 Å². The zero-order valence-electron chi connectivity index (χ0n) is 10.8. The molecule has 0 bridgehead atoms. The maximum absolute atomic E-state index is 3.69. The Bertz CT molecular complexity index is 387. The Hall–Kier alpha value is -1.60. The molecule has 0 spiro atoms. The molecule has 1 rings (SSSR count). The average Bonchev–Trinajstić information content (AvgIpc) is 2.35. The van der Waals surface area contributed by atoms with Gasteiger partial charge in [0.2, 0.25) is 0 Å². The van der Waals surface area contributed by atoms with Crippen LogP contribution < -0.4 is 0 Å².